The first-order chi connectivity index (χ1) is 13.3. The van der Waals surface area contributed by atoms with Crippen LogP contribution in [-0.4, -0.2) is 24.2 Å². The summed E-state index contributed by atoms with van der Waals surface area (Å²) in [6.07, 6.45) is 0.710. The maximum absolute atomic E-state index is 11.9. The summed E-state index contributed by atoms with van der Waals surface area (Å²) in [6.45, 7) is 2.20. The van der Waals surface area contributed by atoms with Crippen molar-refractivity contribution < 1.29 is 19.1 Å². The molecule has 0 atom stereocenters. The van der Waals surface area contributed by atoms with Crippen molar-refractivity contribution in [2.45, 2.75) is 32.6 Å². The third-order valence-corrected chi connectivity index (χ3v) is 5.21. The highest BCUT2D eigenvalue weighted by atomic mass is 35.5. The van der Waals surface area contributed by atoms with Crippen molar-refractivity contribution in [2.75, 3.05) is 6.61 Å². The van der Waals surface area contributed by atoms with Crippen molar-refractivity contribution in [1.29, 1.82) is 0 Å². The first-order valence-electron chi connectivity index (χ1n) is 8.60. The first-order valence-corrected chi connectivity index (χ1v) is 10.2. The van der Waals surface area contributed by atoms with Crippen LogP contribution in [0, 0.1) is 6.92 Å². The quantitative estimate of drug-likeness (QED) is 0.343. The van der Waals surface area contributed by atoms with Crippen molar-refractivity contribution in [3.63, 3.8) is 0 Å². The number of carbonyl (C=O) groups excluding carboxylic acids is 3. The van der Waals surface area contributed by atoms with E-state index in [2.05, 4.69) is 10.9 Å². The highest BCUT2D eigenvalue weighted by Crippen LogP contribution is 2.27. The molecule has 150 valence electrons. The Bertz CT molecular complexity index is 854. The van der Waals surface area contributed by atoms with Gasteiger partial charge in [-0.2, -0.15) is 0 Å². The minimum atomic E-state index is -0.417. The molecule has 2 aromatic rings. The lowest BCUT2D eigenvalue weighted by Gasteiger charge is -2.09. The third-order valence-electron chi connectivity index (χ3n) is 3.64. The summed E-state index contributed by atoms with van der Waals surface area (Å²) < 4.78 is 5.48. The fraction of sp³-hybridized carbons (Fsp3) is 0.316. The second-order valence-electron chi connectivity index (χ2n) is 5.96. The monoisotopic (exact) mass is 442 g/mol. The Kier molecular flexibility index (Phi) is 8.76. The summed E-state index contributed by atoms with van der Waals surface area (Å²) in [5, 5.41) is 0.913. The molecule has 1 aromatic carbocycles. The number of ether oxygens (including phenoxy) is 1. The van der Waals surface area contributed by atoms with Crippen LogP contribution in [0.5, 0.6) is 5.75 Å². The molecule has 0 fully saturated rings. The normalized spacial score (nSPS) is 10.4. The molecule has 6 nitrogen and oxygen atoms in total. The van der Waals surface area contributed by atoms with E-state index in [1.165, 1.54) is 11.3 Å². The van der Waals surface area contributed by atoms with Crippen LogP contribution in [0.25, 0.3) is 0 Å². The van der Waals surface area contributed by atoms with Gasteiger partial charge in [0.25, 0.3) is 0 Å². The molecular formula is C19H20Cl2N2O4S. The molecule has 0 saturated carbocycles. The number of thiophene rings is 1. The average molecular weight is 443 g/mol. The molecule has 9 heteroatoms. The van der Waals surface area contributed by atoms with Crippen molar-refractivity contribution in [3.05, 3.63) is 50.1 Å². The van der Waals surface area contributed by atoms with Gasteiger partial charge in [-0.25, -0.2) is 0 Å². The molecule has 2 N–H and O–H groups in total. The standard InChI is InChI=1S/C19H20Cl2N2O4S/c1-12-4-8-17(28-12)15(24)6-9-19(26)23-22-18(25)3-2-10-27-16-7-5-13(20)11-14(16)21/h4-5,7-8,11H,2-3,6,9-10H2,1H3,(H,22,25)(H,23,26). The van der Waals surface area contributed by atoms with E-state index in [9.17, 15) is 14.4 Å². The Morgan fingerprint density at radius 2 is 1.71 bits per heavy atom. The summed E-state index contributed by atoms with van der Waals surface area (Å²) in [6, 6.07) is 8.51. The van der Waals surface area contributed by atoms with Gasteiger partial charge in [-0.05, 0) is 43.7 Å². The SMILES string of the molecule is Cc1ccc(C(=O)CCC(=O)NNC(=O)CCCOc2ccc(Cl)cc2Cl)s1. The molecule has 1 aromatic heterocycles. The van der Waals surface area contributed by atoms with Crippen LogP contribution in [-0.2, 0) is 9.59 Å². The topological polar surface area (TPSA) is 84.5 Å². The molecule has 0 aliphatic heterocycles. The highest BCUT2D eigenvalue weighted by molar-refractivity contribution is 7.14. The van der Waals surface area contributed by atoms with E-state index in [1.54, 1.807) is 24.3 Å². The number of hydrogen-bond acceptors (Lipinski definition) is 5. The number of benzene rings is 1. The van der Waals surface area contributed by atoms with Gasteiger partial charge in [0.2, 0.25) is 11.8 Å². The predicted octanol–water partition coefficient (Wildman–Crippen LogP) is 4.33. The van der Waals surface area contributed by atoms with Gasteiger partial charge < -0.3 is 4.74 Å². The summed E-state index contributed by atoms with van der Waals surface area (Å²) in [5.41, 5.74) is 4.63. The van der Waals surface area contributed by atoms with Gasteiger partial charge in [0.05, 0.1) is 16.5 Å². The van der Waals surface area contributed by atoms with Gasteiger partial charge in [0, 0.05) is 29.2 Å². The number of rotatable bonds is 9. The van der Waals surface area contributed by atoms with E-state index >= 15 is 0 Å². The second-order valence-corrected chi connectivity index (χ2v) is 8.09. The van der Waals surface area contributed by atoms with Crippen LogP contribution in [0.4, 0.5) is 0 Å². The lowest BCUT2D eigenvalue weighted by atomic mass is 10.2. The summed E-state index contributed by atoms with van der Waals surface area (Å²) in [5.74, 6) is -0.360. The Hall–Kier alpha value is -2.09. The van der Waals surface area contributed by atoms with Gasteiger partial charge >= 0.3 is 0 Å². The molecule has 0 saturated heterocycles. The van der Waals surface area contributed by atoms with Crippen molar-refractivity contribution >= 4 is 52.1 Å². The smallest absolute Gasteiger partial charge is 0.238 e. The van der Waals surface area contributed by atoms with E-state index in [0.29, 0.717) is 27.1 Å². The van der Waals surface area contributed by atoms with Crippen LogP contribution >= 0.6 is 34.5 Å². The Labute approximate surface area is 177 Å². The van der Waals surface area contributed by atoms with Crippen LogP contribution in [0.2, 0.25) is 10.0 Å². The van der Waals surface area contributed by atoms with Crippen LogP contribution in [0.1, 0.15) is 40.2 Å². The second kappa shape index (κ2) is 11.0. The zero-order chi connectivity index (χ0) is 20.5. The zero-order valence-electron chi connectivity index (χ0n) is 15.2. The van der Waals surface area contributed by atoms with E-state index in [0.717, 1.165) is 4.88 Å². The number of carbonyl (C=O) groups is 3. The molecule has 0 aliphatic rings. The van der Waals surface area contributed by atoms with Gasteiger partial charge in [-0.15, -0.1) is 11.3 Å². The highest BCUT2D eigenvalue weighted by Gasteiger charge is 2.12. The lowest BCUT2D eigenvalue weighted by Crippen LogP contribution is -2.41. The van der Waals surface area contributed by atoms with Crippen molar-refractivity contribution in [3.8, 4) is 5.75 Å². The van der Waals surface area contributed by atoms with Gasteiger partial charge in [-0.3, -0.25) is 25.2 Å². The van der Waals surface area contributed by atoms with Crippen LogP contribution in [0.3, 0.4) is 0 Å². The van der Waals surface area contributed by atoms with E-state index in [1.807, 2.05) is 13.0 Å². The molecule has 28 heavy (non-hydrogen) atoms. The fourth-order valence-corrected chi connectivity index (χ4v) is 3.50. The van der Waals surface area contributed by atoms with Crippen molar-refractivity contribution in [1.82, 2.24) is 10.9 Å². The number of amides is 2. The van der Waals surface area contributed by atoms with E-state index in [-0.39, 0.29) is 37.6 Å². The molecule has 0 spiro atoms. The molecule has 0 unspecified atom stereocenters. The number of ketones is 1. The maximum atomic E-state index is 11.9. The minimum Gasteiger partial charge on any atom is -0.492 e. The lowest BCUT2D eigenvalue weighted by molar-refractivity contribution is -0.129. The fourth-order valence-electron chi connectivity index (χ4n) is 2.21. The van der Waals surface area contributed by atoms with Crippen LogP contribution < -0.4 is 15.6 Å². The molecule has 2 rings (SSSR count). The summed E-state index contributed by atoms with van der Waals surface area (Å²) in [4.78, 5) is 37.1. The summed E-state index contributed by atoms with van der Waals surface area (Å²) in [7, 11) is 0. The number of hydrogen-bond donors (Lipinski definition) is 2. The van der Waals surface area contributed by atoms with Crippen LogP contribution in [0.15, 0.2) is 30.3 Å². The molecule has 2 amide bonds. The summed E-state index contributed by atoms with van der Waals surface area (Å²) >= 11 is 13.2. The zero-order valence-corrected chi connectivity index (χ0v) is 17.5. The van der Waals surface area contributed by atoms with Gasteiger partial charge in [-0.1, -0.05) is 23.2 Å². The number of Topliss-reactive ketones (excluding diaryl/α,β-unsaturated/α-hetero) is 1. The molecule has 0 bridgehead atoms. The van der Waals surface area contributed by atoms with Gasteiger partial charge in [0.15, 0.2) is 5.78 Å². The Balaban J connectivity index is 1.58. The molecule has 1 heterocycles. The number of nitrogens with one attached hydrogen (secondary N) is 2. The largest absolute Gasteiger partial charge is 0.492 e. The molecule has 0 aliphatic carbocycles. The number of hydrazine groups is 1. The number of halogens is 2. The first kappa shape index (κ1) is 22.2. The van der Waals surface area contributed by atoms with E-state index in [4.69, 9.17) is 27.9 Å². The minimum absolute atomic E-state index is 0.00817. The number of aryl methyl sites for hydroxylation is 1. The molecular weight excluding hydrogens is 423 g/mol. The maximum Gasteiger partial charge on any atom is 0.238 e. The Morgan fingerprint density at radius 3 is 2.36 bits per heavy atom. The molecule has 0 radical (unpaired) electrons. The van der Waals surface area contributed by atoms with E-state index < -0.39 is 5.91 Å². The Morgan fingerprint density at radius 1 is 1.00 bits per heavy atom. The average Bonchev–Trinajstić information content (AvgIpc) is 3.09. The van der Waals surface area contributed by atoms with Crippen molar-refractivity contribution in [2.24, 2.45) is 0 Å². The van der Waals surface area contributed by atoms with Gasteiger partial charge in [0.1, 0.15) is 5.75 Å². The predicted molar refractivity (Wildman–Crippen MR) is 110 cm³/mol. The third kappa shape index (κ3) is 7.50.